The van der Waals surface area contributed by atoms with Crippen LogP contribution in [0.3, 0.4) is 0 Å². The van der Waals surface area contributed by atoms with Crippen LogP contribution in [0, 0.1) is 0 Å². The van der Waals surface area contributed by atoms with Gasteiger partial charge in [-0.2, -0.15) is 0 Å². The van der Waals surface area contributed by atoms with Gasteiger partial charge in [-0.15, -0.1) is 11.8 Å². The van der Waals surface area contributed by atoms with Crippen LogP contribution in [0.1, 0.15) is 37.6 Å². The Kier molecular flexibility index (Phi) is 5.14. The van der Waals surface area contributed by atoms with Crippen molar-refractivity contribution in [3.63, 3.8) is 0 Å². The van der Waals surface area contributed by atoms with Gasteiger partial charge in [-0.1, -0.05) is 19.1 Å². The Morgan fingerprint density at radius 3 is 2.58 bits per heavy atom. The zero-order valence-corrected chi connectivity index (χ0v) is 15.2. The van der Waals surface area contributed by atoms with Gasteiger partial charge in [0.1, 0.15) is 5.75 Å². The smallest absolute Gasteiger partial charge is 0.258 e. The van der Waals surface area contributed by atoms with Crippen molar-refractivity contribution in [1.29, 1.82) is 0 Å². The normalized spacial score (nSPS) is 17.3. The van der Waals surface area contributed by atoms with Gasteiger partial charge in [0.25, 0.3) is 5.91 Å². The molecule has 0 saturated carbocycles. The predicted molar refractivity (Wildman–Crippen MR) is 100 cm³/mol. The highest BCUT2D eigenvalue weighted by Crippen LogP contribution is 2.37. The summed E-state index contributed by atoms with van der Waals surface area (Å²) in [5.74, 6) is 0.843. The molecule has 0 fully saturated rings. The van der Waals surface area contributed by atoms with E-state index in [-0.39, 0.29) is 12.0 Å². The summed E-state index contributed by atoms with van der Waals surface area (Å²) in [4.78, 5) is 16.1. The molecule has 0 aliphatic carbocycles. The summed E-state index contributed by atoms with van der Waals surface area (Å²) in [6.45, 7) is 6.94. The van der Waals surface area contributed by atoms with Crippen LogP contribution in [-0.4, -0.2) is 23.8 Å². The van der Waals surface area contributed by atoms with Crippen molar-refractivity contribution in [2.45, 2.75) is 43.4 Å². The predicted octanol–water partition coefficient (Wildman–Crippen LogP) is 5.00. The Morgan fingerprint density at radius 1 is 1.17 bits per heavy atom. The molecule has 126 valence electrons. The summed E-state index contributed by atoms with van der Waals surface area (Å²) in [5.41, 5.74) is 1.71. The van der Waals surface area contributed by atoms with Gasteiger partial charge in [-0.05, 0) is 56.7 Å². The van der Waals surface area contributed by atoms with E-state index in [2.05, 4.69) is 13.0 Å². The molecule has 24 heavy (non-hydrogen) atoms. The molecule has 3 rings (SSSR count). The van der Waals surface area contributed by atoms with E-state index in [9.17, 15) is 4.79 Å². The molecule has 1 aliphatic heterocycles. The van der Waals surface area contributed by atoms with Crippen LogP contribution in [0.2, 0.25) is 0 Å². The largest absolute Gasteiger partial charge is 0.491 e. The Balaban J connectivity index is 1.86. The molecular formula is C20H23NO2S. The van der Waals surface area contributed by atoms with Gasteiger partial charge in [0, 0.05) is 22.3 Å². The molecule has 1 unspecified atom stereocenters. The van der Waals surface area contributed by atoms with Gasteiger partial charge >= 0.3 is 0 Å². The number of hydrogen-bond acceptors (Lipinski definition) is 3. The van der Waals surface area contributed by atoms with Crippen LogP contribution in [-0.2, 0) is 0 Å². The lowest BCUT2D eigenvalue weighted by Crippen LogP contribution is -2.32. The van der Waals surface area contributed by atoms with E-state index < -0.39 is 0 Å². The zero-order valence-electron chi connectivity index (χ0n) is 14.4. The van der Waals surface area contributed by atoms with Crippen molar-refractivity contribution in [1.82, 2.24) is 0 Å². The maximum atomic E-state index is 13.0. The van der Waals surface area contributed by atoms with E-state index in [1.807, 2.05) is 73.0 Å². The lowest BCUT2D eigenvalue weighted by atomic mass is 10.1. The van der Waals surface area contributed by atoms with E-state index in [0.717, 1.165) is 24.4 Å². The van der Waals surface area contributed by atoms with Crippen molar-refractivity contribution >= 4 is 23.4 Å². The molecule has 0 spiro atoms. The number of anilines is 1. The van der Waals surface area contributed by atoms with Crippen molar-refractivity contribution in [2.75, 3.05) is 11.4 Å². The lowest BCUT2D eigenvalue weighted by molar-refractivity contribution is 0.0986. The summed E-state index contributed by atoms with van der Waals surface area (Å²) < 4.78 is 5.66. The fraction of sp³-hybridized carbons (Fsp3) is 0.350. The maximum Gasteiger partial charge on any atom is 0.258 e. The number of carbonyl (C=O) groups is 1. The van der Waals surface area contributed by atoms with E-state index >= 15 is 0 Å². The Bertz CT molecular complexity index is 712. The number of fused-ring (bicyclic) bond motifs is 1. The van der Waals surface area contributed by atoms with Crippen molar-refractivity contribution in [2.24, 2.45) is 0 Å². The Morgan fingerprint density at radius 2 is 1.88 bits per heavy atom. The molecule has 3 nitrogen and oxygen atoms in total. The van der Waals surface area contributed by atoms with E-state index in [1.54, 1.807) is 0 Å². The minimum atomic E-state index is 0.0493. The Hall–Kier alpha value is -1.94. The van der Waals surface area contributed by atoms with Gasteiger partial charge < -0.3 is 9.64 Å². The van der Waals surface area contributed by atoms with Gasteiger partial charge in [0.2, 0.25) is 0 Å². The summed E-state index contributed by atoms with van der Waals surface area (Å²) in [7, 11) is 0. The summed E-state index contributed by atoms with van der Waals surface area (Å²) >= 11 is 1.84. The van der Waals surface area contributed by atoms with Crippen LogP contribution in [0.15, 0.2) is 53.4 Å². The highest BCUT2D eigenvalue weighted by atomic mass is 32.2. The third kappa shape index (κ3) is 3.75. The molecule has 0 saturated heterocycles. The SMILES string of the molecule is CC(C)Oc1ccc(C(=O)N2CCC(C)Sc3ccccc32)cc1. The highest BCUT2D eigenvalue weighted by molar-refractivity contribution is 8.00. The topological polar surface area (TPSA) is 29.5 Å². The lowest BCUT2D eigenvalue weighted by Gasteiger charge is -2.22. The number of amides is 1. The first-order valence-corrected chi connectivity index (χ1v) is 9.27. The molecule has 4 heteroatoms. The fourth-order valence-electron chi connectivity index (χ4n) is 2.80. The molecule has 0 radical (unpaired) electrons. The Labute approximate surface area is 148 Å². The first-order chi connectivity index (χ1) is 11.5. The van der Waals surface area contributed by atoms with Crippen molar-refractivity contribution < 1.29 is 9.53 Å². The first-order valence-electron chi connectivity index (χ1n) is 8.39. The van der Waals surface area contributed by atoms with E-state index in [1.165, 1.54) is 4.90 Å². The first kappa shape index (κ1) is 16.9. The van der Waals surface area contributed by atoms with Gasteiger partial charge in [-0.3, -0.25) is 4.79 Å². The summed E-state index contributed by atoms with van der Waals surface area (Å²) in [5, 5.41) is 0.505. The number of thioether (sulfide) groups is 1. The number of ether oxygens (including phenoxy) is 1. The fourth-order valence-corrected chi connectivity index (χ4v) is 3.91. The number of hydrogen-bond donors (Lipinski definition) is 0. The molecule has 1 atom stereocenters. The van der Waals surface area contributed by atoms with E-state index in [4.69, 9.17) is 4.74 Å². The molecule has 0 bridgehead atoms. The number of rotatable bonds is 3. The zero-order chi connectivity index (χ0) is 17.1. The van der Waals surface area contributed by atoms with Crippen LogP contribution < -0.4 is 9.64 Å². The number of benzene rings is 2. The second-order valence-corrected chi connectivity index (χ2v) is 7.81. The van der Waals surface area contributed by atoms with Crippen LogP contribution in [0.4, 0.5) is 5.69 Å². The molecular weight excluding hydrogens is 318 g/mol. The standard InChI is InChI=1S/C20H23NO2S/c1-14(2)23-17-10-8-16(9-11-17)20(22)21-13-12-15(3)24-19-7-5-4-6-18(19)21/h4-11,14-15H,12-13H2,1-3H3. The molecule has 0 N–H and O–H groups in total. The average Bonchev–Trinajstić information content (AvgIpc) is 2.72. The monoisotopic (exact) mass is 341 g/mol. The minimum Gasteiger partial charge on any atom is -0.491 e. The van der Waals surface area contributed by atoms with Crippen LogP contribution in [0.25, 0.3) is 0 Å². The minimum absolute atomic E-state index is 0.0493. The summed E-state index contributed by atoms with van der Waals surface area (Å²) in [6.07, 6.45) is 1.11. The van der Waals surface area contributed by atoms with Crippen molar-refractivity contribution in [3.05, 3.63) is 54.1 Å². The van der Waals surface area contributed by atoms with Crippen LogP contribution >= 0.6 is 11.8 Å². The number of carbonyl (C=O) groups excluding carboxylic acids is 1. The second-order valence-electron chi connectivity index (χ2n) is 6.33. The molecule has 1 heterocycles. The number of para-hydroxylation sites is 1. The van der Waals surface area contributed by atoms with Gasteiger partial charge in [0.15, 0.2) is 0 Å². The molecule has 2 aromatic rings. The highest BCUT2D eigenvalue weighted by Gasteiger charge is 2.24. The molecule has 0 aromatic heterocycles. The molecule has 1 amide bonds. The third-order valence-electron chi connectivity index (χ3n) is 3.96. The van der Waals surface area contributed by atoms with Gasteiger partial charge in [-0.25, -0.2) is 0 Å². The maximum absolute atomic E-state index is 13.0. The van der Waals surface area contributed by atoms with Gasteiger partial charge in [0.05, 0.1) is 11.8 Å². The average molecular weight is 341 g/mol. The quantitative estimate of drug-likeness (QED) is 0.786. The second kappa shape index (κ2) is 7.31. The summed E-state index contributed by atoms with van der Waals surface area (Å²) in [6, 6.07) is 15.6. The third-order valence-corrected chi connectivity index (χ3v) is 5.20. The van der Waals surface area contributed by atoms with E-state index in [0.29, 0.717) is 10.8 Å². The molecule has 2 aromatic carbocycles. The molecule has 1 aliphatic rings. The van der Waals surface area contributed by atoms with Crippen molar-refractivity contribution in [3.8, 4) is 5.75 Å². The number of nitrogens with zero attached hydrogens (tertiary/aromatic N) is 1. The van der Waals surface area contributed by atoms with Crippen LogP contribution in [0.5, 0.6) is 5.75 Å².